The van der Waals surface area contributed by atoms with E-state index in [0.717, 1.165) is 25.0 Å². The monoisotopic (exact) mass is 315 g/mol. The predicted octanol–water partition coefficient (Wildman–Crippen LogP) is 3.81. The maximum atomic E-state index is 13.2. The molecule has 1 N–H and O–H groups in total. The van der Waals surface area contributed by atoms with Gasteiger partial charge in [-0.15, -0.1) is 0 Å². The van der Waals surface area contributed by atoms with Crippen LogP contribution in [0.25, 0.3) is 0 Å². The first-order valence-corrected chi connectivity index (χ1v) is 7.20. The molecule has 0 aromatic heterocycles. The highest BCUT2D eigenvalue weighted by atomic mass is 79.9. The average Bonchev–Trinajstić information content (AvgIpc) is 2.86. The Kier molecular flexibility index (Phi) is 4.76. The summed E-state index contributed by atoms with van der Waals surface area (Å²) < 4.78 is 19.4. The van der Waals surface area contributed by atoms with Crippen LogP contribution in [0.15, 0.2) is 22.7 Å². The van der Waals surface area contributed by atoms with Crippen LogP contribution in [0.5, 0.6) is 0 Å². The molecule has 2 nitrogen and oxygen atoms in total. The third kappa shape index (κ3) is 3.31. The van der Waals surface area contributed by atoms with E-state index in [1.807, 2.05) is 12.1 Å². The summed E-state index contributed by atoms with van der Waals surface area (Å²) in [5.74, 6) is -0.224. The van der Waals surface area contributed by atoms with E-state index in [9.17, 15) is 4.39 Å². The van der Waals surface area contributed by atoms with Crippen molar-refractivity contribution in [2.75, 3.05) is 6.61 Å². The van der Waals surface area contributed by atoms with Crippen LogP contribution in [0.4, 0.5) is 4.39 Å². The predicted molar refractivity (Wildman–Crippen MR) is 74.1 cm³/mol. The molecule has 1 fully saturated rings. The van der Waals surface area contributed by atoms with Crippen LogP contribution in [-0.4, -0.2) is 18.8 Å². The Morgan fingerprint density at radius 1 is 1.44 bits per heavy atom. The summed E-state index contributed by atoms with van der Waals surface area (Å²) in [5.41, 5.74) is 1.08. The minimum Gasteiger partial charge on any atom is -0.377 e. The lowest BCUT2D eigenvalue weighted by molar-refractivity contribution is 0.0804. The Hall–Kier alpha value is -0.450. The summed E-state index contributed by atoms with van der Waals surface area (Å²) in [4.78, 5) is 0. The van der Waals surface area contributed by atoms with Crippen LogP contribution in [0.2, 0.25) is 0 Å². The molecule has 0 saturated carbocycles. The molecule has 1 aromatic rings. The summed E-state index contributed by atoms with van der Waals surface area (Å²) in [7, 11) is 0. The first-order valence-electron chi connectivity index (χ1n) is 6.40. The number of hydrogen-bond donors (Lipinski definition) is 1. The lowest BCUT2D eigenvalue weighted by Gasteiger charge is -2.24. The summed E-state index contributed by atoms with van der Waals surface area (Å²) in [5, 5.41) is 3.52. The Morgan fingerprint density at radius 2 is 2.22 bits per heavy atom. The maximum Gasteiger partial charge on any atom is 0.137 e. The first kappa shape index (κ1) is 14.0. The molecule has 1 saturated heterocycles. The van der Waals surface area contributed by atoms with E-state index in [4.69, 9.17) is 4.74 Å². The SMILES string of the molecule is CC(NC(C)C1CCCO1)c1ccc(F)c(Br)c1. The number of ether oxygens (including phenoxy) is 1. The van der Waals surface area contributed by atoms with Crippen LogP contribution in [0, 0.1) is 5.82 Å². The molecule has 18 heavy (non-hydrogen) atoms. The van der Waals surface area contributed by atoms with Crippen molar-refractivity contribution >= 4 is 15.9 Å². The Balaban J connectivity index is 1.97. The second-order valence-corrected chi connectivity index (χ2v) is 5.76. The highest BCUT2D eigenvalue weighted by Crippen LogP contribution is 2.23. The van der Waals surface area contributed by atoms with Crippen LogP contribution < -0.4 is 5.32 Å². The van der Waals surface area contributed by atoms with Gasteiger partial charge in [0.15, 0.2) is 0 Å². The van der Waals surface area contributed by atoms with Gasteiger partial charge in [-0.25, -0.2) is 4.39 Å². The lowest BCUT2D eigenvalue weighted by atomic mass is 10.0. The molecule has 1 aromatic carbocycles. The normalized spacial score (nSPS) is 23.0. The minimum atomic E-state index is -0.224. The van der Waals surface area contributed by atoms with Gasteiger partial charge >= 0.3 is 0 Å². The fraction of sp³-hybridized carbons (Fsp3) is 0.571. The van der Waals surface area contributed by atoms with Crippen molar-refractivity contribution in [1.82, 2.24) is 5.32 Å². The van der Waals surface area contributed by atoms with Crippen molar-refractivity contribution in [1.29, 1.82) is 0 Å². The van der Waals surface area contributed by atoms with Crippen molar-refractivity contribution < 1.29 is 9.13 Å². The van der Waals surface area contributed by atoms with Crippen LogP contribution in [-0.2, 0) is 4.74 Å². The zero-order valence-electron chi connectivity index (χ0n) is 10.7. The van der Waals surface area contributed by atoms with Gasteiger partial charge in [0.25, 0.3) is 0 Å². The number of rotatable bonds is 4. The molecule has 0 radical (unpaired) electrons. The summed E-state index contributed by atoms with van der Waals surface area (Å²) in [6.45, 7) is 5.10. The summed E-state index contributed by atoms with van der Waals surface area (Å²) in [6.07, 6.45) is 2.57. The quantitative estimate of drug-likeness (QED) is 0.912. The zero-order valence-corrected chi connectivity index (χ0v) is 12.3. The number of benzene rings is 1. The fourth-order valence-corrected chi connectivity index (χ4v) is 2.77. The van der Waals surface area contributed by atoms with Gasteiger partial charge in [-0.1, -0.05) is 6.07 Å². The van der Waals surface area contributed by atoms with Gasteiger partial charge in [-0.2, -0.15) is 0 Å². The molecule has 0 spiro atoms. The molecule has 1 aliphatic heterocycles. The van der Waals surface area contributed by atoms with E-state index in [0.29, 0.717) is 16.6 Å². The number of halogens is 2. The lowest BCUT2D eigenvalue weighted by Crippen LogP contribution is -2.38. The van der Waals surface area contributed by atoms with Crippen molar-refractivity contribution in [3.63, 3.8) is 0 Å². The van der Waals surface area contributed by atoms with Gasteiger partial charge in [-0.05, 0) is 60.3 Å². The van der Waals surface area contributed by atoms with E-state index < -0.39 is 0 Å². The third-order valence-electron chi connectivity index (χ3n) is 3.48. The molecule has 0 aliphatic carbocycles. The topological polar surface area (TPSA) is 21.3 Å². The van der Waals surface area contributed by atoms with E-state index in [2.05, 4.69) is 35.1 Å². The van der Waals surface area contributed by atoms with Gasteiger partial charge in [0.05, 0.1) is 10.6 Å². The Labute approximate surface area is 116 Å². The smallest absolute Gasteiger partial charge is 0.137 e. The van der Waals surface area contributed by atoms with E-state index in [1.54, 1.807) is 0 Å². The van der Waals surface area contributed by atoms with Crippen molar-refractivity contribution in [3.05, 3.63) is 34.1 Å². The molecule has 4 heteroatoms. The van der Waals surface area contributed by atoms with Crippen molar-refractivity contribution in [2.24, 2.45) is 0 Å². The Bertz CT molecular complexity index is 407. The largest absolute Gasteiger partial charge is 0.377 e. The zero-order chi connectivity index (χ0) is 13.1. The second kappa shape index (κ2) is 6.13. The summed E-state index contributed by atoms with van der Waals surface area (Å²) >= 11 is 3.22. The van der Waals surface area contributed by atoms with Crippen LogP contribution in [0.3, 0.4) is 0 Å². The van der Waals surface area contributed by atoms with E-state index in [1.165, 1.54) is 6.07 Å². The van der Waals surface area contributed by atoms with Gasteiger partial charge in [0, 0.05) is 18.7 Å². The van der Waals surface area contributed by atoms with Gasteiger partial charge in [0.2, 0.25) is 0 Å². The van der Waals surface area contributed by atoms with Crippen LogP contribution in [0.1, 0.15) is 38.3 Å². The average molecular weight is 316 g/mol. The van der Waals surface area contributed by atoms with E-state index in [-0.39, 0.29) is 11.9 Å². The molecule has 100 valence electrons. The number of nitrogens with one attached hydrogen (secondary N) is 1. The third-order valence-corrected chi connectivity index (χ3v) is 4.09. The molecule has 1 aliphatic rings. The van der Waals surface area contributed by atoms with Gasteiger partial charge in [-0.3, -0.25) is 0 Å². The molecule has 0 amide bonds. The highest BCUT2D eigenvalue weighted by molar-refractivity contribution is 9.10. The molecular weight excluding hydrogens is 297 g/mol. The van der Waals surface area contributed by atoms with Crippen molar-refractivity contribution in [3.8, 4) is 0 Å². The second-order valence-electron chi connectivity index (χ2n) is 4.90. The summed E-state index contributed by atoms with van der Waals surface area (Å²) in [6, 6.07) is 5.64. The number of hydrogen-bond acceptors (Lipinski definition) is 2. The Morgan fingerprint density at radius 3 is 2.83 bits per heavy atom. The minimum absolute atomic E-state index is 0.182. The molecular formula is C14H19BrFNO. The van der Waals surface area contributed by atoms with Crippen molar-refractivity contribution in [2.45, 2.75) is 44.9 Å². The molecule has 3 atom stereocenters. The maximum absolute atomic E-state index is 13.2. The molecule has 2 rings (SSSR count). The molecule has 1 heterocycles. The fourth-order valence-electron chi connectivity index (χ4n) is 2.38. The molecule has 0 bridgehead atoms. The van der Waals surface area contributed by atoms with Gasteiger partial charge in [0.1, 0.15) is 5.82 Å². The first-order chi connectivity index (χ1) is 8.58. The highest BCUT2D eigenvalue weighted by Gasteiger charge is 2.23. The van der Waals surface area contributed by atoms with Gasteiger partial charge < -0.3 is 10.1 Å². The molecule has 3 unspecified atom stereocenters. The van der Waals surface area contributed by atoms with Crippen LogP contribution >= 0.6 is 15.9 Å². The standard InChI is InChI=1S/C14H19BrFNO/c1-9(11-5-6-13(16)12(15)8-11)17-10(2)14-4-3-7-18-14/h5-6,8-10,14,17H,3-4,7H2,1-2H3. The van der Waals surface area contributed by atoms with E-state index >= 15 is 0 Å².